The number of primary amides is 1. The molecule has 0 atom stereocenters. The van der Waals surface area contributed by atoms with Crippen LogP contribution >= 0.6 is 0 Å². The molecular weight excluding hydrogens is 504 g/mol. The van der Waals surface area contributed by atoms with Crippen LogP contribution in [0.2, 0.25) is 0 Å². The Balaban J connectivity index is 1.29. The molecule has 1 aliphatic heterocycles. The normalized spacial score (nSPS) is 15.8. The van der Waals surface area contributed by atoms with Gasteiger partial charge in [0.1, 0.15) is 0 Å². The molecule has 0 aromatic heterocycles. The van der Waals surface area contributed by atoms with Crippen LogP contribution < -0.4 is 16.0 Å². The van der Waals surface area contributed by atoms with Gasteiger partial charge in [-0.15, -0.1) is 0 Å². The van der Waals surface area contributed by atoms with E-state index in [-0.39, 0.29) is 36.0 Å². The fraction of sp³-hybridized carbons (Fsp3) is 0.344. The third kappa shape index (κ3) is 5.66. The fourth-order valence-corrected chi connectivity index (χ4v) is 5.67. The number of hydrogen-bond donors (Lipinski definition) is 3. The summed E-state index contributed by atoms with van der Waals surface area (Å²) in [5, 5.41) is 13.1. The van der Waals surface area contributed by atoms with Crippen LogP contribution in [-0.2, 0) is 4.79 Å². The zero-order chi connectivity index (χ0) is 28.4. The standard InChI is InChI=1S/C32H36N4O4/c1-20-16-26(35(2)25-11-8-22(9-12-25)21-6-4-3-5-7-21)13-15-28(20)34-29-14-10-23(17-27(29)32(39)40)31(38)36-18-24(19-36)30(33)37/h8-17,21,24,34H,3-7,18-19H2,1-2H3,(H2,33,37)(H,39,40). The summed E-state index contributed by atoms with van der Waals surface area (Å²) in [7, 11) is 2.04. The number of aromatic carboxylic acids is 1. The monoisotopic (exact) mass is 540 g/mol. The molecule has 8 heteroatoms. The highest BCUT2D eigenvalue weighted by Crippen LogP contribution is 2.35. The Morgan fingerprint density at radius 1 is 0.900 bits per heavy atom. The van der Waals surface area contributed by atoms with Crippen molar-refractivity contribution in [3.8, 4) is 0 Å². The second-order valence-electron chi connectivity index (χ2n) is 11.0. The van der Waals surface area contributed by atoms with Crippen LogP contribution in [0.25, 0.3) is 0 Å². The van der Waals surface area contributed by atoms with E-state index in [4.69, 9.17) is 5.73 Å². The molecule has 2 fully saturated rings. The minimum atomic E-state index is -1.14. The number of likely N-dealkylation sites (tertiary alicyclic amines) is 1. The van der Waals surface area contributed by atoms with Crippen LogP contribution in [0.4, 0.5) is 22.7 Å². The molecule has 0 radical (unpaired) electrons. The molecule has 3 aromatic rings. The number of nitrogens with zero attached hydrogens (tertiary/aromatic N) is 2. The fourth-order valence-electron chi connectivity index (χ4n) is 5.67. The van der Waals surface area contributed by atoms with Crippen molar-refractivity contribution < 1.29 is 19.5 Å². The molecule has 0 bridgehead atoms. The molecular formula is C32H36N4O4. The second-order valence-corrected chi connectivity index (χ2v) is 11.0. The van der Waals surface area contributed by atoms with Crippen molar-refractivity contribution in [3.63, 3.8) is 0 Å². The summed E-state index contributed by atoms with van der Waals surface area (Å²) in [5.74, 6) is -1.57. The summed E-state index contributed by atoms with van der Waals surface area (Å²) in [5.41, 5.74) is 11.2. The van der Waals surface area contributed by atoms with E-state index in [1.807, 2.05) is 26.1 Å². The average Bonchev–Trinajstić information content (AvgIpc) is 2.93. The van der Waals surface area contributed by atoms with Crippen molar-refractivity contribution in [2.24, 2.45) is 11.7 Å². The maximum Gasteiger partial charge on any atom is 0.337 e. The number of amides is 2. The zero-order valence-electron chi connectivity index (χ0n) is 23.0. The predicted molar refractivity (Wildman–Crippen MR) is 157 cm³/mol. The Labute approximate surface area is 234 Å². The van der Waals surface area contributed by atoms with E-state index < -0.39 is 11.9 Å². The number of nitrogens with two attached hydrogens (primary N) is 1. The van der Waals surface area contributed by atoms with E-state index in [1.165, 1.54) is 48.6 Å². The molecule has 2 aliphatic rings. The van der Waals surface area contributed by atoms with Gasteiger partial charge in [0, 0.05) is 42.8 Å². The van der Waals surface area contributed by atoms with E-state index >= 15 is 0 Å². The Kier molecular flexibility index (Phi) is 7.78. The highest BCUT2D eigenvalue weighted by atomic mass is 16.4. The Morgan fingerprint density at radius 2 is 1.55 bits per heavy atom. The van der Waals surface area contributed by atoms with Crippen molar-refractivity contribution in [1.82, 2.24) is 4.90 Å². The Bertz CT molecular complexity index is 1420. The molecule has 1 heterocycles. The number of carboxylic acid groups (broad SMARTS) is 1. The summed E-state index contributed by atoms with van der Waals surface area (Å²) < 4.78 is 0. The van der Waals surface area contributed by atoms with Crippen molar-refractivity contribution in [2.45, 2.75) is 44.9 Å². The van der Waals surface area contributed by atoms with E-state index in [9.17, 15) is 19.5 Å². The smallest absolute Gasteiger partial charge is 0.337 e. The summed E-state index contributed by atoms with van der Waals surface area (Å²) in [6.07, 6.45) is 6.55. The first kappa shape index (κ1) is 27.2. The van der Waals surface area contributed by atoms with Crippen molar-refractivity contribution >= 4 is 40.5 Å². The average molecular weight is 541 g/mol. The van der Waals surface area contributed by atoms with Crippen molar-refractivity contribution in [1.29, 1.82) is 0 Å². The van der Waals surface area contributed by atoms with E-state index in [0.29, 0.717) is 11.6 Å². The van der Waals surface area contributed by atoms with E-state index in [1.54, 1.807) is 12.1 Å². The molecule has 208 valence electrons. The van der Waals surface area contributed by atoms with Crippen molar-refractivity contribution in [2.75, 3.05) is 30.4 Å². The van der Waals surface area contributed by atoms with Crippen LogP contribution in [-0.4, -0.2) is 47.9 Å². The van der Waals surface area contributed by atoms with Gasteiger partial charge < -0.3 is 26.0 Å². The Morgan fingerprint density at radius 3 is 2.17 bits per heavy atom. The van der Waals surface area contributed by atoms with Gasteiger partial charge in [-0.1, -0.05) is 31.4 Å². The minimum Gasteiger partial charge on any atom is -0.478 e. The van der Waals surface area contributed by atoms with Gasteiger partial charge in [-0.2, -0.15) is 0 Å². The molecule has 5 rings (SSSR count). The highest BCUT2D eigenvalue weighted by molar-refractivity contribution is 6.02. The summed E-state index contributed by atoms with van der Waals surface area (Å²) >= 11 is 0. The third-order valence-corrected chi connectivity index (χ3v) is 8.29. The largest absolute Gasteiger partial charge is 0.478 e. The molecule has 0 spiro atoms. The third-order valence-electron chi connectivity index (χ3n) is 8.29. The van der Waals surface area contributed by atoms with E-state index in [2.05, 4.69) is 40.5 Å². The molecule has 1 saturated carbocycles. The molecule has 40 heavy (non-hydrogen) atoms. The van der Waals surface area contributed by atoms with Gasteiger partial charge in [0.05, 0.1) is 17.2 Å². The van der Waals surface area contributed by atoms with Gasteiger partial charge >= 0.3 is 5.97 Å². The minimum absolute atomic E-state index is 0.00326. The highest BCUT2D eigenvalue weighted by Gasteiger charge is 2.35. The lowest BCUT2D eigenvalue weighted by Gasteiger charge is -2.37. The summed E-state index contributed by atoms with van der Waals surface area (Å²) in [6, 6.07) is 19.5. The van der Waals surface area contributed by atoms with Crippen LogP contribution in [0.15, 0.2) is 60.7 Å². The van der Waals surface area contributed by atoms with Gasteiger partial charge in [0.25, 0.3) is 5.91 Å². The number of carbonyl (C=O) groups is 3. The van der Waals surface area contributed by atoms with E-state index in [0.717, 1.165) is 22.6 Å². The molecule has 2 amide bonds. The lowest BCUT2D eigenvalue weighted by Crippen LogP contribution is -2.54. The number of aryl methyl sites for hydroxylation is 1. The predicted octanol–water partition coefficient (Wildman–Crippen LogP) is 5.81. The first-order chi connectivity index (χ1) is 19.2. The van der Waals surface area contributed by atoms with Crippen LogP contribution in [0.5, 0.6) is 0 Å². The lowest BCUT2D eigenvalue weighted by molar-refractivity contribution is -0.125. The molecule has 1 saturated heterocycles. The maximum absolute atomic E-state index is 12.8. The number of hydrogen-bond acceptors (Lipinski definition) is 5. The number of anilines is 4. The SMILES string of the molecule is Cc1cc(N(C)c2ccc(C3CCCCC3)cc2)ccc1Nc1ccc(C(=O)N2CC(C(N)=O)C2)cc1C(=O)O. The number of nitrogens with one attached hydrogen (secondary N) is 1. The van der Waals surface area contributed by atoms with Crippen molar-refractivity contribution in [3.05, 3.63) is 82.9 Å². The van der Waals surface area contributed by atoms with Gasteiger partial charge in [0.15, 0.2) is 0 Å². The quantitative estimate of drug-likeness (QED) is 0.332. The molecule has 3 aromatic carbocycles. The van der Waals surface area contributed by atoms with Gasteiger partial charge in [-0.05, 0) is 85.3 Å². The molecule has 1 aliphatic carbocycles. The van der Waals surface area contributed by atoms with Gasteiger partial charge in [-0.3, -0.25) is 9.59 Å². The summed E-state index contributed by atoms with van der Waals surface area (Å²) in [6.45, 7) is 2.48. The first-order valence-electron chi connectivity index (χ1n) is 13.9. The zero-order valence-corrected chi connectivity index (χ0v) is 23.0. The van der Waals surface area contributed by atoms with Crippen LogP contribution in [0, 0.1) is 12.8 Å². The molecule has 0 unspecified atom stereocenters. The Hall–Kier alpha value is -4.33. The van der Waals surface area contributed by atoms with Gasteiger partial charge in [0.2, 0.25) is 5.91 Å². The number of rotatable bonds is 8. The molecule has 4 N–H and O–H groups in total. The second kappa shape index (κ2) is 11.4. The van der Waals surface area contributed by atoms with Crippen LogP contribution in [0.3, 0.4) is 0 Å². The lowest BCUT2D eigenvalue weighted by atomic mass is 9.84. The first-order valence-corrected chi connectivity index (χ1v) is 13.9. The topological polar surface area (TPSA) is 116 Å². The number of benzene rings is 3. The summed E-state index contributed by atoms with van der Waals surface area (Å²) in [4.78, 5) is 39.7. The number of carbonyl (C=O) groups excluding carboxylic acids is 2. The van der Waals surface area contributed by atoms with Crippen LogP contribution in [0.1, 0.15) is 69.9 Å². The maximum atomic E-state index is 12.8. The molecule has 8 nitrogen and oxygen atoms in total. The van der Waals surface area contributed by atoms with Gasteiger partial charge in [-0.25, -0.2) is 4.79 Å². The number of carboxylic acids is 1.